The first kappa shape index (κ1) is 26.3. The highest BCUT2D eigenvalue weighted by Crippen LogP contribution is 2.71. The van der Waals surface area contributed by atoms with Gasteiger partial charge in [0.1, 0.15) is 0 Å². The Hall–Kier alpha value is -4.75. The molecule has 2 saturated carbocycles. The van der Waals surface area contributed by atoms with E-state index in [-0.39, 0.29) is 23.7 Å². The molecule has 0 aliphatic heterocycles. The van der Waals surface area contributed by atoms with Gasteiger partial charge in [0.15, 0.2) is 0 Å². The van der Waals surface area contributed by atoms with Crippen LogP contribution in [0, 0.1) is 46.6 Å². The molecule has 0 spiro atoms. The maximum Gasteiger partial charge on any atom is 0.366 e. The Bertz CT molecular complexity index is 1400. The summed E-state index contributed by atoms with van der Waals surface area (Å²) in [7, 11) is 0. The zero-order chi connectivity index (χ0) is 28.0. The van der Waals surface area contributed by atoms with Gasteiger partial charge in [-0.2, -0.15) is 0 Å². The molecule has 2 bridgehead atoms. The number of benzene rings is 2. The zero-order valence-electron chi connectivity index (χ0n) is 20.6. The van der Waals surface area contributed by atoms with Crippen LogP contribution in [-0.4, -0.2) is 32.4 Å². The molecule has 2 fully saturated rings. The molecule has 2 aliphatic carbocycles. The van der Waals surface area contributed by atoms with E-state index in [4.69, 9.17) is 4.84 Å². The number of nitro benzene ring substituents is 3. The summed E-state index contributed by atoms with van der Waals surface area (Å²) in [6.45, 7) is 5.70. The van der Waals surface area contributed by atoms with Gasteiger partial charge in [-0.1, -0.05) is 32.0 Å². The van der Waals surface area contributed by atoms with Gasteiger partial charge < -0.3 is 10.2 Å². The van der Waals surface area contributed by atoms with E-state index in [9.17, 15) is 39.9 Å². The highest BCUT2D eigenvalue weighted by Gasteiger charge is 2.71. The van der Waals surface area contributed by atoms with Gasteiger partial charge >= 0.3 is 5.97 Å². The van der Waals surface area contributed by atoms with Crippen molar-refractivity contribution in [3.63, 3.8) is 0 Å². The van der Waals surface area contributed by atoms with Crippen LogP contribution in [0.4, 0.5) is 22.7 Å². The molecule has 1 N–H and O–H groups in total. The molecule has 0 aromatic heterocycles. The highest BCUT2D eigenvalue weighted by molar-refractivity contribution is 6.06. The molecular formula is C24H23N5O9. The molecule has 2 aromatic rings. The number of nitro groups is 3. The summed E-state index contributed by atoms with van der Waals surface area (Å²) >= 11 is 0. The van der Waals surface area contributed by atoms with Crippen molar-refractivity contribution in [3.05, 3.63) is 78.4 Å². The minimum atomic E-state index is -1.12. The van der Waals surface area contributed by atoms with Crippen LogP contribution in [0.5, 0.6) is 0 Å². The second kappa shape index (κ2) is 8.97. The van der Waals surface area contributed by atoms with Crippen molar-refractivity contribution in [1.82, 2.24) is 0 Å². The van der Waals surface area contributed by atoms with E-state index in [0.717, 1.165) is 18.2 Å². The van der Waals surface area contributed by atoms with E-state index in [1.54, 1.807) is 6.07 Å². The van der Waals surface area contributed by atoms with Crippen LogP contribution < -0.4 is 5.32 Å². The lowest BCUT2D eigenvalue weighted by Gasteiger charge is -2.39. The van der Waals surface area contributed by atoms with Gasteiger partial charge in [0, 0.05) is 41.8 Å². The molecule has 0 radical (unpaired) electrons. The summed E-state index contributed by atoms with van der Waals surface area (Å²) in [5, 5.41) is 40.2. The Labute approximate surface area is 215 Å². The van der Waals surface area contributed by atoms with Crippen LogP contribution in [0.1, 0.15) is 50.4 Å². The second-order valence-electron chi connectivity index (χ2n) is 10.1. The normalized spacial score (nSPS) is 24.1. The number of hydrogen-bond acceptors (Lipinski definition) is 10. The standard InChI is InChI=1S/C24H23N5O9/c1-22(2)23(3)7-8-24(22,21(31)25-15-5-4-6-16(11-15)27(32)33)13-19(23)26-38-20(30)14-9-17(28(34)35)12-18(10-14)29(36)37/h4-6,9-12H,7-8,13H2,1-3H3,(H,25,31). The largest absolute Gasteiger partial charge is 0.366 e. The van der Waals surface area contributed by atoms with Crippen LogP contribution in [0.15, 0.2) is 47.6 Å². The first-order valence-electron chi connectivity index (χ1n) is 11.5. The van der Waals surface area contributed by atoms with E-state index >= 15 is 0 Å². The van der Waals surface area contributed by atoms with Gasteiger partial charge in [-0.05, 0) is 24.3 Å². The molecule has 2 aliphatic rings. The maximum absolute atomic E-state index is 13.6. The summed E-state index contributed by atoms with van der Waals surface area (Å²) in [4.78, 5) is 62.4. The number of hydrogen-bond donors (Lipinski definition) is 1. The molecule has 2 unspecified atom stereocenters. The van der Waals surface area contributed by atoms with E-state index in [2.05, 4.69) is 10.5 Å². The zero-order valence-corrected chi connectivity index (χ0v) is 20.6. The lowest BCUT2D eigenvalue weighted by Crippen LogP contribution is -2.43. The third kappa shape index (κ3) is 4.03. The molecule has 2 aromatic carbocycles. The fourth-order valence-electron chi connectivity index (χ4n) is 5.54. The lowest BCUT2D eigenvalue weighted by atomic mass is 9.64. The fraction of sp³-hybridized carbons (Fsp3) is 0.375. The van der Waals surface area contributed by atoms with Crippen molar-refractivity contribution in [3.8, 4) is 0 Å². The van der Waals surface area contributed by atoms with Crippen LogP contribution in [0.3, 0.4) is 0 Å². The van der Waals surface area contributed by atoms with Crippen molar-refractivity contribution < 1.29 is 29.2 Å². The monoisotopic (exact) mass is 525 g/mol. The van der Waals surface area contributed by atoms with Gasteiger partial charge in [-0.3, -0.25) is 35.1 Å². The first-order chi connectivity index (χ1) is 17.7. The molecule has 4 rings (SSSR count). The van der Waals surface area contributed by atoms with Crippen molar-refractivity contribution in [2.45, 2.75) is 40.0 Å². The molecule has 2 atom stereocenters. The maximum atomic E-state index is 13.6. The van der Waals surface area contributed by atoms with Gasteiger partial charge in [0.25, 0.3) is 17.1 Å². The Morgan fingerprint density at radius 2 is 1.50 bits per heavy atom. The molecular weight excluding hydrogens is 502 g/mol. The van der Waals surface area contributed by atoms with E-state index < -0.39 is 53.9 Å². The molecule has 14 heteroatoms. The van der Waals surface area contributed by atoms with Crippen molar-refractivity contribution in [2.24, 2.45) is 21.4 Å². The highest BCUT2D eigenvalue weighted by atomic mass is 16.7. The summed E-state index contributed by atoms with van der Waals surface area (Å²) < 4.78 is 0. The van der Waals surface area contributed by atoms with Gasteiger partial charge in [0.2, 0.25) is 5.91 Å². The predicted molar refractivity (Wildman–Crippen MR) is 132 cm³/mol. The molecule has 14 nitrogen and oxygen atoms in total. The smallest absolute Gasteiger partial charge is 0.325 e. The van der Waals surface area contributed by atoms with Crippen molar-refractivity contribution in [2.75, 3.05) is 5.32 Å². The lowest BCUT2D eigenvalue weighted by molar-refractivity contribution is -0.394. The first-order valence-corrected chi connectivity index (χ1v) is 11.5. The Morgan fingerprint density at radius 1 is 0.895 bits per heavy atom. The number of nitrogens with zero attached hydrogens (tertiary/aromatic N) is 4. The van der Waals surface area contributed by atoms with Gasteiger partial charge in [0.05, 0.1) is 37.5 Å². The topological polar surface area (TPSA) is 197 Å². The minimum Gasteiger partial charge on any atom is -0.325 e. The molecule has 0 saturated heterocycles. The number of anilines is 1. The van der Waals surface area contributed by atoms with E-state index in [1.807, 2.05) is 20.8 Å². The van der Waals surface area contributed by atoms with Crippen LogP contribution in [0.2, 0.25) is 0 Å². The van der Waals surface area contributed by atoms with Crippen LogP contribution in [0.25, 0.3) is 0 Å². The average molecular weight is 525 g/mol. The minimum absolute atomic E-state index is 0.139. The predicted octanol–water partition coefficient (Wildman–Crippen LogP) is 4.78. The quantitative estimate of drug-likeness (QED) is 0.300. The molecule has 1 amide bonds. The van der Waals surface area contributed by atoms with E-state index in [0.29, 0.717) is 18.6 Å². The van der Waals surface area contributed by atoms with E-state index in [1.165, 1.54) is 18.2 Å². The Balaban J connectivity index is 1.61. The number of carbonyl (C=O) groups excluding carboxylic acids is 2. The third-order valence-corrected chi connectivity index (χ3v) is 8.28. The number of nitrogens with one attached hydrogen (secondary N) is 1. The number of oxime groups is 1. The summed E-state index contributed by atoms with van der Waals surface area (Å²) in [5.74, 6) is -1.47. The number of carbonyl (C=O) groups is 2. The Kier molecular flexibility index (Phi) is 6.21. The Morgan fingerprint density at radius 3 is 2.08 bits per heavy atom. The number of amides is 1. The second-order valence-corrected chi connectivity index (χ2v) is 10.1. The third-order valence-electron chi connectivity index (χ3n) is 8.28. The molecule has 198 valence electrons. The SMILES string of the molecule is CC12CCC(C(=O)Nc3cccc([N+](=O)[O-])c3)(CC1=NOC(=O)c1cc([N+](=O)[O-])cc([N+](=O)[O-])c1)C2(C)C. The average Bonchev–Trinajstić information content (AvgIpc) is 3.17. The summed E-state index contributed by atoms with van der Waals surface area (Å²) in [6.07, 6.45) is 1.18. The number of rotatable bonds is 7. The van der Waals surface area contributed by atoms with Crippen LogP contribution in [-0.2, 0) is 9.63 Å². The number of non-ortho nitro benzene ring substituents is 3. The number of fused-ring (bicyclic) bond motifs is 2. The fourth-order valence-corrected chi connectivity index (χ4v) is 5.54. The van der Waals surface area contributed by atoms with Crippen LogP contribution >= 0.6 is 0 Å². The van der Waals surface area contributed by atoms with Gasteiger partial charge in [-0.25, -0.2) is 4.79 Å². The molecule has 0 heterocycles. The van der Waals surface area contributed by atoms with Gasteiger partial charge in [-0.15, -0.1) is 0 Å². The molecule has 38 heavy (non-hydrogen) atoms. The van der Waals surface area contributed by atoms with Crippen molar-refractivity contribution in [1.29, 1.82) is 0 Å². The van der Waals surface area contributed by atoms with Crippen molar-refractivity contribution >= 4 is 40.3 Å². The summed E-state index contributed by atoms with van der Waals surface area (Å²) in [5.41, 5.74) is -3.45. The summed E-state index contributed by atoms with van der Waals surface area (Å²) in [6, 6.07) is 8.04.